The van der Waals surface area contributed by atoms with E-state index < -0.39 is 5.97 Å². The molecule has 2 aromatic rings. The number of hydrogen-bond acceptors (Lipinski definition) is 5. The van der Waals surface area contributed by atoms with Gasteiger partial charge in [0.1, 0.15) is 12.4 Å². The van der Waals surface area contributed by atoms with Gasteiger partial charge in [-0.15, -0.1) is 0 Å². The van der Waals surface area contributed by atoms with Crippen molar-refractivity contribution in [2.45, 2.75) is 45.2 Å². The average Bonchev–Trinajstić information content (AvgIpc) is 3.12. The zero-order valence-electron chi connectivity index (χ0n) is 14.3. The third-order valence-corrected chi connectivity index (χ3v) is 4.22. The first-order valence-corrected chi connectivity index (χ1v) is 8.27. The lowest BCUT2D eigenvalue weighted by Gasteiger charge is -2.16. The fourth-order valence-corrected chi connectivity index (χ4v) is 2.97. The van der Waals surface area contributed by atoms with Crippen molar-refractivity contribution in [2.24, 2.45) is 0 Å². The molecule has 0 radical (unpaired) electrons. The maximum atomic E-state index is 12.4. The molecule has 8 nitrogen and oxygen atoms in total. The van der Waals surface area contributed by atoms with Gasteiger partial charge in [0.15, 0.2) is 5.82 Å². The van der Waals surface area contributed by atoms with Crippen molar-refractivity contribution in [2.75, 3.05) is 6.54 Å². The molecule has 3 heterocycles. The van der Waals surface area contributed by atoms with Gasteiger partial charge in [-0.05, 0) is 17.7 Å². The van der Waals surface area contributed by atoms with E-state index in [1.807, 2.05) is 26.0 Å². The van der Waals surface area contributed by atoms with Gasteiger partial charge >= 0.3 is 5.97 Å². The van der Waals surface area contributed by atoms with Crippen LogP contribution in [0.1, 0.15) is 49.3 Å². The number of carboxylic acids is 1. The molecular formula is C17H21N5O3. The molecule has 8 heteroatoms. The normalized spacial score (nSPS) is 17.5. The van der Waals surface area contributed by atoms with Crippen molar-refractivity contribution in [3.63, 3.8) is 0 Å². The summed E-state index contributed by atoms with van der Waals surface area (Å²) in [4.78, 5) is 33.8. The summed E-state index contributed by atoms with van der Waals surface area (Å²) in [6, 6.07) is 3.76. The van der Waals surface area contributed by atoms with Crippen LogP contribution in [-0.2, 0) is 22.7 Å². The fourth-order valence-electron chi connectivity index (χ4n) is 2.97. The van der Waals surface area contributed by atoms with Crippen LogP contribution < -0.4 is 0 Å². The Bertz CT molecular complexity index is 772. The van der Waals surface area contributed by atoms with Crippen molar-refractivity contribution in [1.82, 2.24) is 24.6 Å². The number of aliphatic carboxylic acids is 1. The summed E-state index contributed by atoms with van der Waals surface area (Å²) in [5, 5.41) is 13.4. The minimum atomic E-state index is -0.973. The highest BCUT2D eigenvalue weighted by Crippen LogP contribution is 2.29. The molecular weight excluding hydrogens is 322 g/mol. The zero-order valence-corrected chi connectivity index (χ0v) is 14.3. The minimum absolute atomic E-state index is 0.0396. The Kier molecular flexibility index (Phi) is 4.78. The number of carbonyl (C=O) groups is 2. The van der Waals surface area contributed by atoms with Gasteiger partial charge in [0, 0.05) is 43.7 Å². The Morgan fingerprint density at radius 1 is 1.36 bits per heavy atom. The van der Waals surface area contributed by atoms with Crippen LogP contribution in [0.25, 0.3) is 0 Å². The monoisotopic (exact) mass is 343 g/mol. The number of likely N-dealkylation sites (tertiary alicyclic amines) is 1. The summed E-state index contributed by atoms with van der Waals surface area (Å²) in [6.07, 6.45) is 3.72. The lowest BCUT2D eigenvalue weighted by molar-refractivity contribution is -0.138. The van der Waals surface area contributed by atoms with Crippen LogP contribution in [0.15, 0.2) is 24.5 Å². The maximum Gasteiger partial charge on any atom is 0.325 e. The number of hydrogen-bond donors (Lipinski definition) is 1. The third-order valence-electron chi connectivity index (χ3n) is 4.22. The quantitative estimate of drug-likeness (QED) is 0.851. The summed E-state index contributed by atoms with van der Waals surface area (Å²) in [5.41, 5.74) is 1.01. The summed E-state index contributed by atoms with van der Waals surface area (Å²) in [6.45, 7) is 4.70. The van der Waals surface area contributed by atoms with Crippen LogP contribution in [0.3, 0.4) is 0 Å². The molecule has 1 aliphatic rings. The highest BCUT2D eigenvalue weighted by atomic mass is 16.4. The topological polar surface area (TPSA) is 101 Å². The van der Waals surface area contributed by atoms with Gasteiger partial charge in [-0.2, -0.15) is 5.10 Å². The Labute approximate surface area is 145 Å². The first-order valence-electron chi connectivity index (χ1n) is 8.27. The van der Waals surface area contributed by atoms with Crippen LogP contribution in [0, 0.1) is 0 Å². The van der Waals surface area contributed by atoms with Crippen molar-refractivity contribution < 1.29 is 14.7 Å². The molecule has 0 aliphatic carbocycles. The van der Waals surface area contributed by atoms with Gasteiger partial charge in [-0.3, -0.25) is 14.6 Å². The number of pyridine rings is 1. The standard InChI is InChI=1S/C17H21N5O3/c1-11(2)16-19-17(22(20-16)10-15(24)25)13-7-14(23)21(9-13)8-12-3-5-18-6-4-12/h3-6,11,13H,7-10H2,1-2H3,(H,24,25)/t13-/m1/s1. The first-order chi connectivity index (χ1) is 11.9. The molecule has 1 atom stereocenters. The molecule has 3 rings (SSSR count). The molecule has 0 bridgehead atoms. The van der Waals surface area contributed by atoms with Gasteiger partial charge in [0.2, 0.25) is 5.91 Å². The Morgan fingerprint density at radius 2 is 2.08 bits per heavy atom. The summed E-state index contributed by atoms with van der Waals surface area (Å²) < 4.78 is 1.42. The predicted octanol–water partition coefficient (Wildman–Crippen LogP) is 1.40. The highest BCUT2D eigenvalue weighted by molar-refractivity contribution is 5.79. The maximum absolute atomic E-state index is 12.4. The van der Waals surface area contributed by atoms with Crippen LogP contribution in [0.4, 0.5) is 0 Å². The summed E-state index contributed by atoms with van der Waals surface area (Å²) in [5.74, 6) is 0.206. The van der Waals surface area contributed by atoms with Crippen molar-refractivity contribution in [3.8, 4) is 0 Å². The Hall–Kier alpha value is -2.77. The molecule has 0 spiro atoms. The second-order valence-electron chi connectivity index (χ2n) is 6.57. The number of rotatable bonds is 6. The molecule has 0 unspecified atom stereocenters. The third kappa shape index (κ3) is 3.84. The minimum Gasteiger partial charge on any atom is -0.480 e. The van der Waals surface area contributed by atoms with Crippen molar-refractivity contribution >= 4 is 11.9 Å². The molecule has 1 amide bonds. The molecule has 2 aromatic heterocycles. The number of amides is 1. The van der Waals surface area contributed by atoms with E-state index in [-0.39, 0.29) is 24.3 Å². The van der Waals surface area contributed by atoms with E-state index in [0.717, 1.165) is 5.56 Å². The first kappa shape index (κ1) is 17.1. The average molecular weight is 343 g/mol. The van der Waals surface area contributed by atoms with Crippen molar-refractivity contribution in [3.05, 3.63) is 41.7 Å². The van der Waals surface area contributed by atoms with E-state index in [4.69, 9.17) is 5.11 Å². The van der Waals surface area contributed by atoms with E-state index in [1.54, 1.807) is 17.3 Å². The zero-order chi connectivity index (χ0) is 18.0. The number of nitrogens with zero attached hydrogens (tertiary/aromatic N) is 5. The van der Waals surface area contributed by atoms with Gasteiger partial charge in [0.25, 0.3) is 0 Å². The van der Waals surface area contributed by atoms with Gasteiger partial charge in [0.05, 0.1) is 0 Å². The molecule has 0 saturated carbocycles. The van der Waals surface area contributed by atoms with E-state index in [2.05, 4.69) is 15.1 Å². The van der Waals surface area contributed by atoms with E-state index in [1.165, 1.54) is 4.68 Å². The molecule has 1 N–H and O–H groups in total. The van der Waals surface area contributed by atoms with E-state index in [9.17, 15) is 9.59 Å². The highest BCUT2D eigenvalue weighted by Gasteiger charge is 2.34. The Morgan fingerprint density at radius 3 is 2.72 bits per heavy atom. The van der Waals surface area contributed by atoms with E-state index in [0.29, 0.717) is 31.2 Å². The molecule has 132 valence electrons. The van der Waals surface area contributed by atoms with Crippen LogP contribution in [0.2, 0.25) is 0 Å². The molecule has 1 aliphatic heterocycles. The fraction of sp³-hybridized carbons (Fsp3) is 0.471. The lowest BCUT2D eigenvalue weighted by atomic mass is 10.1. The molecule has 1 fully saturated rings. The molecule has 1 saturated heterocycles. The van der Waals surface area contributed by atoms with Gasteiger partial charge in [-0.25, -0.2) is 9.67 Å². The predicted molar refractivity (Wildman–Crippen MR) is 88.8 cm³/mol. The lowest BCUT2D eigenvalue weighted by Crippen LogP contribution is -2.25. The van der Waals surface area contributed by atoms with Crippen molar-refractivity contribution in [1.29, 1.82) is 0 Å². The second kappa shape index (κ2) is 7.00. The number of carbonyl (C=O) groups excluding carboxylic acids is 1. The number of carboxylic acid groups (broad SMARTS) is 1. The summed E-state index contributed by atoms with van der Waals surface area (Å²) in [7, 11) is 0. The summed E-state index contributed by atoms with van der Waals surface area (Å²) >= 11 is 0. The molecule has 25 heavy (non-hydrogen) atoms. The smallest absolute Gasteiger partial charge is 0.325 e. The second-order valence-corrected chi connectivity index (χ2v) is 6.57. The van der Waals surface area contributed by atoms with Gasteiger partial charge < -0.3 is 10.0 Å². The number of aromatic nitrogens is 4. The van der Waals surface area contributed by atoms with Crippen LogP contribution >= 0.6 is 0 Å². The SMILES string of the molecule is CC(C)c1nc([C@@H]2CC(=O)N(Cc3ccncc3)C2)n(CC(=O)O)n1. The van der Waals surface area contributed by atoms with Gasteiger partial charge in [-0.1, -0.05) is 13.8 Å². The Balaban J connectivity index is 1.80. The van der Waals surface area contributed by atoms with Crippen LogP contribution in [-0.4, -0.2) is 48.2 Å². The largest absolute Gasteiger partial charge is 0.480 e. The van der Waals surface area contributed by atoms with Crippen LogP contribution in [0.5, 0.6) is 0 Å². The van der Waals surface area contributed by atoms with E-state index >= 15 is 0 Å². The molecule has 0 aromatic carbocycles.